The predicted octanol–water partition coefficient (Wildman–Crippen LogP) is -1.14. The molecule has 0 fully saturated rings. The summed E-state index contributed by atoms with van der Waals surface area (Å²) >= 11 is 0. The van der Waals surface area contributed by atoms with Crippen molar-refractivity contribution in [1.82, 2.24) is 0 Å². The van der Waals surface area contributed by atoms with Gasteiger partial charge >= 0.3 is 17.9 Å². The number of aliphatic carboxylic acids is 3. The van der Waals surface area contributed by atoms with E-state index in [9.17, 15) is 14.4 Å². The normalized spacial score (nSPS) is 12.0. The molecule has 0 radical (unpaired) electrons. The standard InChI is InChI=1S/C7H14N2O4.C6H14N2O2/c8-7(9,6(12)13)4-2-1-3-5(10)11;7-4-2-1-3-5(8)6(9)10/h1-4,8-9H2,(H,10,11)(H,12,13);5H,1-4,7-8H2,(H,9,10). The number of unbranched alkanes of at least 4 members (excludes halogenated alkanes) is 2. The molecule has 0 aliphatic carbocycles. The summed E-state index contributed by atoms with van der Waals surface area (Å²) in [7, 11) is 0. The van der Waals surface area contributed by atoms with Gasteiger partial charge in [0.25, 0.3) is 0 Å². The van der Waals surface area contributed by atoms with Crippen LogP contribution in [0.5, 0.6) is 0 Å². The second-order valence-electron chi connectivity index (χ2n) is 5.18. The minimum Gasteiger partial charge on any atom is -0.481 e. The Hall–Kier alpha value is -1.75. The van der Waals surface area contributed by atoms with E-state index in [4.69, 9.17) is 38.3 Å². The maximum Gasteiger partial charge on any atom is 0.338 e. The third-order valence-electron chi connectivity index (χ3n) is 2.92. The molecule has 0 saturated carbocycles. The first-order chi connectivity index (χ1) is 10.5. The molecule has 11 N–H and O–H groups in total. The van der Waals surface area contributed by atoms with Gasteiger partial charge in [-0.25, -0.2) is 4.79 Å². The molecule has 10 heteroatoms. The number of hydrogen-bond donors (Lipinski definition) is 7. The van der Waals surface area contributed by atoms with Crippen LogP contribution in [0.15, 0.2) is 0 Å². The number of hydrogen-bond acceptors (Lipinski definition) is 7. The average molecular weight is 336 g/mol. The molecule has 0 heterocycles. The van der Waals surface area contributed by atoms with Crippen LogP contribution in [0.1, 0.15) is 44.9 Å². The van der Waals surface area contributed by atoms with Crippen LogP contribution in [-0.4, -0.2) is 51.5 Å². The van der Waals surface area contributed by atoms with Crippen molar-refractivity contribution in [3.05, 3.63) is 0 Å². The van der Waals surface area contributed by atoms with E-state index in [-0.39, 0.29) is 12.8 Å². The van der Waals surface area contributed by atoms with Crippen LogP contribution in [0.2, 0.25) is 0 Å². The molecule has 1 unspecified atom stereocenters. The highest BCUT2D eigenvalue weighted by Crippen LogP contribution is 2.07. The summed E-state index contributed by atoms with van der Waals surface area (Å²) in [5.41, 5.74) is 19.1. The number of carbonyl (C=O) groups is 3. The van der Waals surface area contributed by atoms with Crippen LogP contribution in [0.25, 0.3) is 0 Å². The Morgan fingerprint density at radius 2 is 1.52 bits per heavy atom. The lowest BCUT2D eigenvalue weighted by molar-refractivity contribution is -0.143. The fourth-order valence-electron chi connectivity index (χ4n) is 1.43. The van der Waals surface area contributed by atoms with Gasteiger partial charge in [-0.2, -0.15) is 0 Å². The average Bonchev–Trinajstić information content (AvgIpc) is 2.44. The highest BCUT2D eigenvalue weighted by Gasteiger charge is 2.27. The molecule has 0 saturated heterocycles. The summed E-state index contributed by atoms with van der Waals surface area (Å²) in [5, 5.41) is 25.1. The third-order valence-corrected chi connectivity index (χ3v) is 2.92. The first-order valence-electron chi connectivity index (χ1n) is 7.26. The first-order valence-corrected chi connectivity index (χ1v) is 7.26. The molecule has 0 spiro atoms. The van der Waals surface area contributed by atoms with Crippen molar-refractivity contribution in [2.75, 3.05) is 6.54 Å². The quantitative estimate of drug-likeness (QED) is 0.177. The molecular weight excluding hydrogens is 308 g/mol. The smallest absolute Gasteiger partial charge is 0.338 e. The second-order valence-corrected chi connectivity index (χ2v) is 5.18. The van der Waals surface area contributed by atoms with Crippen molar-refractivity contribution < 1.29 is 29.7 Å². The van der Waals surface area contributed by atoms with Crippen LogP contribution in [0.3, 0.4) is 0 Å². The number of rotatable bonds is 11. The summed E-state index contributed by atoms with van der Waals surface area (Å²) < 4.78 is 0. The van der Waals surface area contributed by atoms with Gasteiger partial charge in [0.1, 0.15) is 6.04 Å². The minimum atomic E-state index is -1.74. The summed E-state index contributed by atoms with van der Waals surface area (Å²) in [6, 6.07) is -0.716. The van der Waals surface area contributed by atoms with Crippen molar-refractivity contribution in [1.29, 1.82) is 0 Å². The van der Waals surface area contributed by atoms with Crippen LogP contribution < -0.4 is 22.9 Å². The maximum absolute atomic E-state index is 10.4. The monoisotopic (exact) mass is 336 g/mol. The van der Waals surface area contributed by atoms with Crippen molar-refractivity contribution in [2.45, 2.75) is 56.7 Å². The van der Waals surface area contributed by atoms with Crippen molar-refractivity contribution >= 4 is 17.9 Å². The molecule has 0 aliphatic heterocycles. The van der Waals surface area contributed by atoms with Gasteiger partial charge in [-0.3, -0.25) is 9.59 Å². The predicted molar refractivity (Wildman–Crippen MR) is 83.4 cm³/mol. The van der Waals surface area contributed by atoms with Crippen LogP contribution in [-0.2, 0) is 14.4 Å². The Kier molecular flexibility index (Phi) is 13.0. The van der Waals surface area contributed by atoms with E-state index in [2.05, 4.69) is 0 Å². The highest BCUT2D eigenvalue weighted by molar-refractivity contribution is 5.77. The lowest BCUT2D eigenvalue weighted by Crippen LogP contribution is -2.56. The SMILES string of the molecule is NC(N)(CCCCC(=O)O)C(=O)O.NCCCCC(N)C(=O)O. The van der Waals surface area contributed by atoms with Gasteiger partial charge in [0, 0.05) is 6.42 Å². The Balaban J connectivity index is 0. The number of carboxylic acids is 3. The lowest BCUT2D eigenvalue weighted by Gasteiger charge is -2.18. The van der Waals surface area contributed by atoms with Gasteiger partial charge < -0.3 is 38.3 Å². The molecule has 10 nitrogen and oxygen atoms in total. The molecule has 1 atom stereocenters. The topological polar surface area (TPSA) is 216 Å². The maximum atomic E-state index is 10.4. The van der Waals surface area contributed by atoms with Gasteiger partial charge in [0.15, 0.2) is 5.66 Å². The summed E-state index contributed by atoms with van der Waals surface area (Å²) in [6.45, 7) is 0.604. The molecule has 0 aromatic rings. The van der Waals surface area contributed by atoms with E-state index in [0.717, 1.165) is 12.8 Å². The van der Waals surface area contributed by atoms with Gasteiger partial charge in [-0.05, 0) is 38.6 Å². The Morgan fingerprint density at radius 1 is 0.957 bits per heavy atom. The fraction of sp³-hybridized carbons (Fsp3) is 0.769. The van der Waals surface area contributed by atoms with Gasteiger partial charge in [-0.1, -0.05) is 6.42 Å². The van der Waals surface area contributed by atoms with Crippen LogP contribution >= 0.6 is 0 Å². The molecule has 136 valence electrons. The molecule has 0 amide bonds. The van der Waals surface area contributed by atoms with Crippen molar-refractivity contribution in [3.63, 3.8) is 0 Å². The summed E-state index contributed by atoms with van der Waals surface area (Å²) in [4.78, 5) is 30.6. The van der Waals surface area contributed by atoms with Crippen molar-refractivity contribution in [3.8, 4) is 0 Å². The van der Waals surface area contributed by atoms with E-state index < -0.39 is 29.6 Å². The van der Waals surface area contributed by atoms with E-state index >= 15 is 0 Å². The molecule has 23 heavy (non-hydrogen) atoms. The molecule has 0 rings (SSSR count). The van der Waals surface area contributed by atoms with Gasteiger partial charge in [-0.15, -0.1) is 0 Å². The summed E-state index contributed by atoms with van der Waals surface area (Å²) in [5.74, 6) is -3.12. The highest BCUT2D eigenvalue weighted by atomic mass is 16.4. The van der Waals surface area contributed by atoms with Crippen LogP contribution in [0, 0.1) is 0 Å². The van der Waals surface area contributed by atoms with Gasteiger partial charge in [0.05, 0.1) is 0 Å². The first kappa shape index (κ1) is 23.5. The second kappa shape index (κ2) is 12.8. The third kappa shape index (κ3) is 14.9. The molecule has 0 aromatic heterocycles. The minimum absolute atomic E-state index is 0.00962. The van der Waals surface area contributed by atoms with E-state index in [1.54, 1.807) is 0 Å². The van der Waals surface area contributed by atoms with Gasteiger partial charge in [0.2, 0.25) is 0 Å². The summed E-state index contributed by atoms with van der Waals surface area (Å²) in [6.07, 6.45) is 3.03. The molecule has 0 aliphatic rings. The zero-order chi connectivity index (χ0) is 18.5. The largest absolute Gasteiger partial charge is 0.481 e. The van der Waals surface area contributed by atoms with Crippen LogP contribution in [0.4, 0.5) is 0 Å². The van der Waals surface area contributed by atoms with E-state index in [1.807, 2.05) is 0 Å². The van der Waals surface area contributed by atoms with Crippen molar-refractivity contribution in [2.24, 2.45) is 22.9 Å². The number of carboxylic acid groups (broad SMARTS) is 3. The Morgan fingerprint density at radius 3 is 1.91 bits per heavy atom. The lowest BCUT2D eigenvalue weighted by atomic mass is 10.0. The number of nitrogens with two attached hydrogens (primary N) is 4. The Bertz CT molecular complexity index is 375. The molecule has 0 aromatic carbocycles. The zero-order valence-electron chi connectivity index (χ0n) is 13.1. The molecule has 0 bridgehead atoms. The Labute approximate surface area is 134 Å². The van der Waals surface area contributed by atoms with E-state index in [1.165, 1.54) is 0 Å². The van der Waals surface area contributed by atoms with E-state index in [0.29, 0.717) is 25.8 Å². The fourth-order valence-corrected chi connectivity index (χ4v) is 1.43. The molecular formula is C13H28N4O6. The zero-order valence-corrected chi connectivity index (χ0v) is 13.1.